The van der Waals surface area contributed by atoms with Crippen LogP contribution >= 0.6 is 0 Å². The van der Waals surface area contributed by atoms with E-state index in [2.05, 4.69) is 15.5 Å². The van der Waals surface area contributed by atoms with Gasteiger partial charge in [-0.15, -0.1) is 10.2 Å². The highest BCUT2D eigenvalue weighted by Crippen LogP contribution is 2.23. The van der Waals surface area contributed by atoms with Gasteiger partial charge in [0.2, 0.25) is 5.65 Å². The lowest BCUT2D eigenvalue weighted by Crippen LogP contribution is -2.19. The number of benzene rings is 2. The summed E-state index contributed by atoms with van der Waals surface area (Å²) in [5.74, 6) is 0.645. The third-order valence-electron chi connectivity index (χ3n) is 5.05. The Morgan fingerprint density at radius 1 is 1.18 bits per heavy atom. The third-order valence-corrected chi connectivity index (χ3v) is 5.05. The summed E-state index contributed by atoms with van der Waals surface area (Å²) in [6.07, 6.45) is 3.99. The van der Waals surface area contributed by atoms with Gasteiger partial charge in [-0.25, -0.2) is 4.98 Å². The quantitative estimate of drug-likeness (QED) is 0.542. The van der Waals surface area contributed by atoms with Gasteiger partial charge < -0.3 is 10.1 Å². The van der Waals surface area contributed by atoms with Crippen molar-refractivity contribution in [3.8, 4) is 0 Å². The van der Waals surface area contributed by atoms with Crippen LogP contribution in [0.1, 0.15) is 28.8 Å². The standard InChI is InChI=1S/C21H19N5O2/c27-19(14-5-2-1-3-6-14)15-8-9-17-18(11-15)26-13-23-25-21(26)20(24-17)22-12-16-7-4-10-28-16/h1-3,5-6,8-9,11,13,16H,4,7,10,12H2,(H,22,24). The predicted octanol–water partition coefficient (Wildman–Crippen LogP) is 3.10. The lowest BCUT2D eigenvalue weighted by atomic mass is 10.0. The second kappa shape index (κ2) is 7.01. The van der Waals surface area contributed by atoms with E-state index in [0.29, 0.717) is 29.1 Å². The van der Waals surface area contributed by atoms with Crippen molar-refractivity contribution in [3.05, 3.63) is 66.0 Å². The molecule has 1 fully saturated rings. The van der Waals surface area contributed by atoms with Gasteiger partial charge in [0.15, 0.2) is 11.6 Å². The van der Waals surface area contributed by atoms with Crippen molar-refractivity contribution >= 4 is 28.3 Å². The number of fused-ring (bicyclic) bond motifs is 3. The van der Waals surface area contributed by atoms with Crippen LogP contribution in [0.5, 0.6) is 0 Å². The Morgan fingerprint density at radius 2 is 2.07 bits per heavy atom. The molecule has 3 heterocycles. The molecule has 4 aromatic rings. The average Bonchev–Trinajstić information content (AvgIpc) is 3.44. The summed E-state index contributed by atoms with van der Waals surface area (Å²) >= 11 is 0. The second-order valence-corrected chi connectivity index (χ2v) is 6.90. The van der Waals surface area contributed by atoms with E-state index in [1.165, 1.54) is 0 Å². The molecule has 1 saturated heterocycles. The van der Waals surface area contributed by atoms with Crippen molar-refractivity contribution in [2.24, 2.45) is 0 Å². The molecule has 0 spiro atoms. The number of ether oxygens (including phenoxy) is 1. The van der Waals surface area contributed by atoms with Crippen molar-refractivity contribution in [1.29, 1.82) is 0 Å². The molecule has 2 aromatic heterocycles. The van der Waals surface area contributed by atoms with Gasteiger partial charge in [-0.3, -0.25) is 9.20 Å². The number of ketones is 1. The van der Waals surface area contributed by atoms with Crippen LogP contribution in [0.4, 0.5) is 5.82 Å². The van der Waals surface area contributed by atoms with Crippen molar-refractivity contribution < 1.29 is 9.53 Å². The molecule has 0 bridgehead atoms. The molecule has 1 aliphatic heterocycles. The predicted molar refractivity (Wildman–Crippen MR) is 106 cm³/mol. The molecule has 28 heavy (non-hydrogen) atoms. The molecular formula is C21H19N5O2. The fourth-order valence-electron chi connectivity index (χ4n) is 3.59. The van der Waals surface area contributed by atoms with Gasteiger partial charge in [-0.1, -0.05) is 30.3 Å². The number of anilines is 1. The average molecular weight is 373 g/mol. The Hall–Kier alpha value is -3.32. The van der Waals surface area contributed by atoms with Crippen LogP contribution in [0, 0.1) is 0 Å². The highest BCUT2D eigenvalue weighted by Gasteiger charge is 2.18. The van der Waals surface area contributed by atoms with E-state index in [4.69, 9.17) is 9.72 Å². The zero-order chi connectivity index (χ0) is 18.9. The van der Waals surface area contributed by atoms with Gasteiger partial charge in [-0.05, 0) is 31.0 Å². The summed E-state index contributed by atoms with van der Waals surface area (Å²) in [5.41, 5.74) is 3.46. The zero-order valence-corrected chi connectivity index (χ0v) is 15.2. The van der Waals surface area contributed by atoms with E-state index in [1.807, 2.05) is 52.9 Å². The first-order valence-electron chi connectivity index (χ1n) is 9.38. The Morgan fingerprint density at radius 3 is 2.89 bits per heavy atom. The van der Waals surface area contributed by atoms with Gasteiger partial charge in [0, 0.05) is 24.3 Å². The maximum atomic E-state index is 12.8. The topological polar surface area (TPSA) is 81.4 Å². The van der Waals surface area contributed by atoms with Gasteiger partial charge in [-0.2, -0.15) is 0 Å². The molecular weight excluding hydrogens is 354 g/mol. The molecule has 0 aliphatic carbocycles. The fraction of sp³-hybridized carbons (Fsp3) is 0.238. The lowest BCUT2D eigenvalue weighted by Gasteiger charge is -2.13. The number of rotatable bonds is 5. The van der Waals surface area contributed by atoms with E-state index in [9.17, 15) is 4.79 Å². The highest BCUT2D eigenvalue weighted by molar-refractivity contribution is 6.10. The summed E-state index contributed by atoms with van der Waals surface area (Å²) in [7, 11) is 0. The molecule has 0 radical (unpaired) electrons. The summed E-state index contributed by atoms with van der Waals surface area (Å²) < 4.78 is 7.53. The third kappa shape index (κ3) is 2.99. The van der Waals surface area contributed by atoms with Crippen LogP contribution in [-0.2, 0) is 4.74 Å². The molecule has 140 valence electrons. The molecule has 5 rings (SSSR count). The Bertz CT molecular complexity index is 1150. The molecule has 2 aromatic carbocycles. The minimum atomic E-state index is -0.0238. The van der Waals surface area contributed by atoms with Crippen LogP contribution in [0.2, 0.25) is 0 Å². The summed E-state index contributed by atoms with van der Waals surface area (Å²) in [4.78, 5) is 17.5. The number of carbonyl (C=O) groups excluding carboxylic acids is 1. The van der Waals surface area contributed by atoms with Gasteiger partial charge in [0.05, 0.1) is 17.1 Å². The molecule has 1 atom stereocenters. The SMILES string of the molecule is O=C(c1ccccc1)c1ccc2nc(NCC3CCCO3)c3nncn3c2c1. The van der Waals surface area contributed by atoms with Crippen molar-refractivity contribution in [2.75, 3.05) is 18.5 Å². The molecule has 1 unspecified atom stereocenters. The van der Waals surface area contributed by atoms with E-state index in [-0.39, 0.29) is 11.9 Å². The number of nitrogens with one attached hydrogen (secondary N) is 1. The summed E-state index contributed by atoms with van der Waals surface area (Å²) in [6, 6.07) is 14.8. The first-order chi connectivity index (χ1) is 13.8. The normalized spacial score (nSPS) is 16.6. The monoisotopic (exact) mass is 373 g/mol. The minimum Gasteiger partial charge on any atom is -0.376 e. The Labute approximate surface area is 161 Å². The number of nitrogens with zero attached hydrogens (tertiary/aromatic N) is 4. The number of carbonyl (C=O) groups is 1. The first-order valence-corrected chi connectivity index (χ1v) is 9.38. The van der Waals surface area contributed by atoms with Crippen LogP contribution in [-0.4, -0.2) is 44.6 Å². The maximum absolute atomic E-state index is 12.8. The van der Waals surface area contributed by atoms with E-state index < -0.39 is 0 Å². The second-order valence-electron chi connectivity index (χ2n) is 6.90. The van der Waals surface area contributed by atoms with Crippen LogP contribution in [0.3, 0.4) is 0 Å². The Balaban J connectivity index is 1.53. The van der Waals surface area contributed by atoms with Crippen molar-refractivity contribution in [3.63, 3.8) is 0 Å². The van der Waals surface area contributed by atoms with Crippen LogP contribution < -0.4 is 5.32 Å². The minimum absolute atomic E-state index is 0.0238. The van der Waals surface area contributed by atoms with Gasteiger partial charge in [0.1, 0.15) is 6.33 Å². The molecule has 0 saturated carbocycles. The van der Waals surface area contributed by atoms with Crippen molar-refractivity contribution in [2.45, 2.75) is 18.9 Å². The summed E-state index contributed by atoms with van der Waals surface area (Å²) in [6.45, 7) is 1.50. The number of aromatic nitrogens is 4. The van der Waals surface area contributed by atoms with Crippen molar-refractivity contribution in [1.82, 2.24) is 19.6 Å². The smallest absolute Gasteiger partial charge is 0.203 e. The highest BCUT2D eigenvalue weighted by atomic mass is 16.5. The summed E-state index contributed by atoms with van der Waals surface area (Å²) in [5, 5.41) is 11.6. The van der Waals surface area contributed by atoms with Crippen LogP contribution in [0.25, 0.3) is 16.7 Å². The molecule has 1 aliphatic rings. The fourth-order valence-corrected chi connectivity index (χ4v) is 3.59. The van der Waals surface area contributed by atoms with E-state index in [1.54, 1.807) is 6.33 Å². The Kier molecular flexibility index (Phi) is 4.21. The first kappa shape index (κ1) is 16.8. The molecule has 7 heteroatoms. The molecule has 7 nitrogen and oxygen atoms in total. The van der Waals surface area contributed by atoms with Crippen LogP contribution in [0.15, 0.2) is 54.9 Å². The number of hydrogen-bond donors (Lipinski definition) is 1. The number of hydrogen-bond acceptors (Lipinski definition) is 6. The van der Waals surface area contributed by atoms with E-state index >= 15 is 0 Å². The van der Waals surface area contributed by atoms with Gasteiger partial charge in [0.25, 0.3) is 0 Å². The lowest BCUT2D eigenvalue weighted by molar-refractivity contribution is 0.103. The molecule has 0 amide bonds. The zero-order valence-electron chi connectivity index (χ0n) is 15.2. The largest absolute Gasteiger partial charge is 0.376 e. The van der Waals surface area contributed by atoms with E-state index in [0.717, 1.165) is 30.5 Å². The molecule has 1 N–H and O–H groups in total. The maximum Gasteiger partial charge on any atom is 0.203 e. The van der Waals surface area contributed by atoms with Gasteiger partial charge >= 0.3 is 0 Å².